The van der Waals surface area contributed by atoms with Crippen molar-refractivity contribution in [1.82, 2.24) is 4.90 Å². The van der Waals surface area contributed by atoms with Gasteiger partial charge >= 0.3 is 5.97 Å². The Hall–Kier alpha value is -1.91. The van der Waals surface area contributed by atoms with Crippen LogP contribution in [0.5, 0.6) is 0 Å². The van der Waals surface area contributed by atoms with Gasteiger partial charge in [0.2, 0.25) is 0 Å². The van der Waals surface area contributed by atoms with Crippen LogP contribution in [0.3, 0.4) is 0 Å². The van der Waals surface area contributed by atoms with Crippen LogP contribution in [0.15, 0.2) is 18.2 Å². The maximum absolute atomic E-state index is 13.5. The third-order valence-corrected chi connectivity index (χ3v) is 3.91. The van der Waals surface area contributed by atoms with Gasteiger partial charge in [-0.1, -0.05) is 6.07 Å². The number of amides is 1. The molecule has 1 heterocycles. The Balaban J connectivity index is 2.13. The molecule has 0 aromatic heterocycles. The number of piperidine rings is 1. The van der Waals surface area contributed by atoms with Crippen molar-refractivity contribution >= 4 is 11.9 Å². The fourth-order valence-corrected chi connectivity index (χ4v) is 2.59. The van der Waals surface area contributed by atoms with Crippen molar-refractivity contribution < 1.29 is 19.1 Å². The number of carboxylic acids is 1. The van der Waals surface area contributed by atoms with Gasteiger partial charge < -0.3 is 10.0 Å². The minimum Gasteiger partial charge on any atom is -0.481 e. The van der Waals surface area contributed by atoms with E-state index in [1.807, 2.05) is 6.92 Å². The van der Waals surface area contributed by atoms with Crippen LogP contribution in [0, 0.1) is 18.7 Å². The molecule has 1 saturated heterocycles. The molecule has 1 N–H and O–H groups in total. The van der Waals surface area contributed by atoms with Gasteiger partial charge in [0.25, 0.3) is 5.91 Å². The number of aliphatic carboxylic acids is 1. The summed E-state index contributed by atoms with van der Waals surface area (Å²) in [5, 5.41) is 9.01. The number of benzene rings is 1. The summed E-state index contributed by atoms with van der Waals surface area (Å²) in [6.07, 6.45) is 0.884. The maximum atomic E-state index is 13.5. The van der Waals surface area contributed by atoms with Crippen molar-refractivity contribution in [2.24, 2.45) is 5.92 Å². The minimum atomic E-state index is -0.815. The first-order valence-electron chi connectivity index (χ1n) is 6.70. The normalized spacial score (nSPS) is 22.6. The lowest BCUT2D eigenvalue weighted by Gasteiger charge is -2.36. The molecule has 108 valence electrons. The molecular formula is C15H18FNO3. The number of carboxylic acid groups (broad SMARTS) is 1. The fourth-order valence-electron chi connectivity index (χ4n) is 2.59. The number of halogens is 1. The average molecular weight is 279 g/mol. The number of carbonyl (C=O) groups excluding carboxylic acids is 1. The Bertz CT molecular complexity index is 544. The molecule has 1 aliphatic heterocycles. The van der Waals surface area contributed by atoms with E-state index in [1.54, 1.807) is 24.0 Å². The van der Waals surface area contributed by atoms with E-state index >= 15 is 0 Å². The largest absolute Gasteiger partial charge is 0.481 e. The summed E-state index contributed by atoms with van der Waals surface area (Å²) in [4.78, 5) is 25.0. The van der Waals surface area contributed by atoms with Gasteiger partial charge in [-0.2, -0.15) is 0 Å². The molecule has 1 fully saturated rings. The first-order valence-corrected chi connectivity index (χ1v) is 6.70. The number of hydrogen-bond acceptors (Lipinski definition) is 2. The van der Waals surface area contributed by atoms with Crippen molar-refractivity contribution in [3.05, 3.63) is 35.1 Å². The van der Waals surface area contributed by atoms with Gasteiger partial charge in [0.1, 0.15) is 5.82 Å². The third kappa shape index (κ3) is 2.81. The summed E-state index contributed by atoms with van der Waals surface area (Å²) in [6.45, 7) is 3.87. The lowest BCUT2D eigenvalue weighted by atomic mass is 9.91. The van der Waals surface area contributed by atoms with Gasteiger partial charge in [-0.15, -0.1) is 0 Å². The van der Waals surface area contributed by atoms with Crippen molar-refractivity contribution in [3.8, 4) is 0 Å². The third-order valence-electron chi connectivity index (χ3n) is 3.91. The Morgan fingerprint density at radius 3 is 2.65 bits per heavy atom. The van der Waals surface area contributed by atoms with E-state index < -0.39 is 17.7 Å². The Morgan fingerprint density at radius 2 is 2.10 bits per heavy atom. The highest BCUT2D eigenvalue weighted by Gasteiger charge is 2.32. The number of nitrogens with zero attached hydrogens (tertiary/aromatic N) is 1. The van der Waals surface area contributed by atoms with Gasteiger partial charge in [0.05, 0.1) is 5.92 Å². The van der Waals surface area contributed by atoms with Crippen LogP contribution in [0.25, 0.3) is 0 Å². The first kappa shape index (κ1) is 14.5. The molecule has 4 nitrogen and oxygen atoms in total. The molecule has 5 heteroatoms. The molecule has 2 unspecified atom stereocenters. The molecule has 0 bridgehead atoms. The Kier molecular flexibility index (Phi) is 4.06. The predicted molar refractivity (Wildman–Crippen MR) is 72.0 cm³/mol. The zero-order valence-corrected chi connectivity index (χ0v) is 11.6. The summed E-state index contributed by atoms with van der Waals surface area (Å²) in [7, 11) is 0. The number of rotatable bonds is 2. The molecule has 0 radical (unpaired) electrons. The standard InChI is InChI=1S/C15H18FNO3/c1-9-3-4-11(8-13(9)16)14(18)17-6-5-12(15(19)20)7-10(17)2/h3-4,8,10,12H,5-7H2,1-2H3,(H,19,20). The van der Waals surface area contributed by atoms with E-state index in [1.165, 1.54) is 6.07 Å². The smallest absolute Gasteiger partial charge is 0.306 e. The van der Waals surface area contributed by atoms with Crippen LogP contribution < -0.4 is 0 Å². The maximum Gasteiger partial charge on any atom is 0.306 e. The molecule has 1 amide bonds. The molecule has 1 aliphatic rings. The monoisotopic (exact) mass is 279 g/mol. The van der Waals surface area contributed by atoms with E-state index in [-0.39, 0.29) is 11.9 Å². The summed E-state index contributed by atoms with van der Waals surface area (Å²) in [5.74, 6) is -1.85. The molecule has 0 saturated carbocycles. The molecule has 20 heavy (non-hydrogen) atoms. The van der Waals surface area contributed by atoms with Crippen molar-refractivity contribution in [3.63, 3.8) is 0 Å². The van der Waals surface area contributed by atoms with Gasteiger partial charge in [-0.05, 0) is 44.4 Å². The molecule has 0 spiro atoms. The summed E-state index contributed by atoms with van der Waals surface area (Å²) >= 11 is 0. The van der Waals surface area contributed by atoms with Crippen LogP contribution in [-0.2, 0) is 4.79 Å². The fraction of sp³-hybridized carbons (Fsp3) is 0.467. The quantitative estimate of drug-likeness (QED) is 0.904. The van der Waals surface area contributed by atoms with E-state index in [2.05, 4.69) is 0 Å². The zero-order valence-electron chi connectivity index (χ0n) is 11.6. The molecular weight excluding hydrogens is 261 g/mol. The first-order chi connectivity index (χ1) is 9.40. The second-order valence-corrected chi connectivity index (χ2v) is 5.37. The SMILES string of the molecule is Cc1ccc(C(=O)N2CCC(C(=O)O)CC2C)cc1F. The molecule has 0 aliphatic carbocycles. The molecule has 2 rings (SSSR count). The molecule has 1 aromatic rings. The Labute approximate surface area is 117 Å². The van der Waals surface area contributed by atoms with Crippen molar-refractivity contribution in [2.45, 2.75) is 32.7 Å². The highest BCUT2D eigenvalue weighted by Crippen LogP contribution is 2.25. The number of aryl methyl sites for hydroxylation is 1. The predicted octanol–water partition coefficient (Wildman–Crippen LogP) is 2.46. The summed E-state index contributed by atoms with van der Waals surface area (Å²) < 4.78 is 13.5. The number of hydrogen-bond donors (Lipinski definition) is 1. The highest BCUT2D eigenvalue weighted by molar-refractivity contribution is 5.94. The molecule has 2 atom stereocenters. The van der Waals surface area contributed by atoms with Crippen LogP contribution >= 0.6 is 0 Å². The second kappa shape index (κ2) is 5.61. The summed E-state index contributed by atoms with van der Waals surface area (Å²) in [6, 6.07) is 4.28. The highest BCUT2D eigenvalue weighted by atomic mass is 19.1. The van der Waals surface area contributed by atoms with Crippen LogP contribution in [0.1, 0.15) is 35.7 Å². The number of likely N-dealkylation sites (tertiary alicyclic amines) is 1. The average Bonchev–Trinajstić information content (AvgIpc) is 2.41. The van der Waals surface area contributed by atoms with Crippen molar-refractivity contribution in [1.29, 1.82) is 0 Å². The molecule has 1 aromatic carbocycles. The minimum absolute atomic E-state index is 0.151. The zero-order chi connectivity index (χ0) is 14.9. The number of carbonyl (C=O) groups is 2. The van der Waals surface area contributed by atoms with Crippen LogP contribution in [0.4, 0.5) is 4.39 Å². The van der Waals surface area contributed by atoms with E-state index in [0.29, 0.717) is 30.5 Å². The van der Waals surface area contributed by atoms with Crippen LogP contribution in [0.2, 0.25) is 0 Å². The lowest BCUT2D eigenvalue weighted by molar-refractivity contribution is -0.143. The Morgan fingerprint density at radius 1 is 1.40 bits per heavy atom. The van der Waals surface area contributed by atoms with Gasteiger partial charge in [-0.25, -0.2) is 4.39 Å². The van der Waals surface area contributed by atoms with Gasteiger partial charge in [-0.3, -0.25) is 9.59 Å². The van der Waals surface area contributed by atoms with Crippen LogP contribution in [-0.4, -0.2) is 34.5 Å². The topological polar surface area (TPSA) is 57.6 Å². The van der Waals surface area contributed by atoms with Gasteiger partial charge in [0.15, 0.2) is 0 Å². The second-order valence-electron chi connectivity index (χ2n) is 5.37. The van der Waals surface area contributed by atoms with Gasteiger partial charge in [0, 0.05) is 18.2 Å². The summed E-state index contributed by atoms with van der Waals surface area (Å²) in [5.41, 5.74) is 0.813. The van der Waals surface area contributed by atoms with E-state index in [0.717, 1.165) is 0 Å². The van der Waals surface area contributed by atoms with Crippen molar-refractivity contribution in [2.75, 3.05) is 6.54 Å². The van der Waals surface area contributed by atoms with E-state index in [9.17, 15) is 14.0 Å². The lowest BCUT2D eigenvalue weighted by Crippen LogP contribution is -2.46. The van der Waals surface area contributed by atoms with E-state index in [4.69, 9.17) is 5.11 Å².